The molecule has 1 rings (SSSR count). The number of allylic oxidation sites excluding steroid dienone is 1. The van der Waals surface area contributed by atoms with E-state index in [9.17, 15) is 4.79 Å². The van der Waals surface area contributed by atoms with E-state index in [4.69, 9.17) is 10.0 Å². The summed E-state index contributed by atoms with van der Waals surface area (Å²) < 4.78 is 0. The van der Waals surface area contributed by atoms with Crippen LogP contribution >= 0.6 is 0 Å². The molecule has 0 heterocycles. The molecule has 0 radical (unpaired) electrons. The third-order valence-electron chi connectivity index (χ3n) is 1.83. The highest BCUT2D eigenvalue weighted by Gasteiger charge is 2.13. The lowest BCUT2D eigenvalue weighted by Crippen LogP contribution is -2.30. The van der Waals surface area contributed by atoms with Crippen LogP contribution in [0.2, 0.25) is 0 Å². The average molecular weight is 190 g/mol. The predicted molar refractivity (Wildman–Crippen MR) is 55.4 cm³/mol. The number of carbonyl (C=O) groups is 1. The Morgan fingerprint density at radius 1 is 1.43 bits per heavy atom. The van der Waals surface area contributed by atoms with Gasteiger partial charge in [-0.05, 0) is 18.0 Å². The summed E-state index contributed by atoms with van der Waals surface area (Å²) in [6.07, 6.45) is 0. The van der Waals surface area contributed by atoms with Crippen LogP contribution in [0.4, 0.5) is 0 Å². The fraction of sp³-hybridized carbons (Fsp3) is 0.100. The van der Waals surface area contributed by atoms with E-state index in [1.807, 2.05) is 0 Å². The minimum Gasteiger partial charge on any atom is -0.423 e. The fourth-order valence-electron chi connectivity index (χ4n) is 1.09. The highest BCUT2D eigenvalue weighted by Crippen LogP contribution is 2.04. The van der Waals surface area contributed by atoms with Crippen molar-refractivity contribution < 1.29 is 14.8 Å². The molecule has 2 N–H and O–H groups in total. The van der Waals surface area contributed by atoms with Gasteiger partial charge in [0, 0.05) is 5.56 Å². The van der Waals surface area contributed by atoms with Gasteiger partial charge in [-0.1, -0.05) is 30.8 Å². The molecule has 4 heteroatoms. The molecule has 0 atom stereocenters. The molecule has 0 aliphatic carbocycles. The second kappa shape index (κ2) is 4.22. The van der Waals surface area contributed by atoms with Crippen molar-refractivity contribution in [2.75, 3.05) is 0 Å². The standard InChI is InChI=1S/C10H11BO3/c1-7(2)10(12)8-4-3-5-9(6-8)11(13)14/h3-6,13-14H,1H2,2H3. The third-order valence-corrected chi connectivity index (χ3v) is 1.83. The summed E-state index contributed by atoms with van der Waals surface area (Å²) in [6, 6.07) is 6.20. The minimum atomic E-state index is -1.55. The Balaban J connectivity index is 3.06. The number of carbonyl (C=O) groups excluding carboxylic acids is 1. The molecule has 0 saturated heterocycles. The van der Waals surface area contributed by atoms with Gasteiger partial charge in [0.25, 0.3) is 0 Å². The Labute approximate surface area is 82.8 Å². The van der Waals surface area contributed by atoms with E-state index >= 15 is 0 Å². The molecule has 3 nitrogen and oxygen atoms in total. The molecule has 72 valence electrons. The highest BCUT2D eigenvalue weighted by atomic mass is 16.4. The number of Topliss-reactive ketones (excluding diaryl/α,β-unsaturated/α-hetero) is 1. The molecular formula is C10H11BO3. The zero-order valence-electron chi connectivity index (χ0n) is 7.90. The van der Waals surface area contributed by atoms with Gasteiger partial charge in [-0.15, -0.1) is 0 Å². The minimum absolute atomic E-state index is 0.187. The quantitative estimate of drug-likeness (QED) is 0.404. The van der Waals surface area contributed by atoms with Gasteiger partial charge in [-0.3, -0.25) is 4.79 Å². The summed E-state index contributed by atoms with van der Waals surface area (Å²) in [5, 5.41) is 17.8. The molecule has 0 aliphatic heterocycles. The number of benzene rings is 1. The molecule has 0 amide bonds. The summed E-state index contributed by atoms with van der Waals surface area (Å²) in [4.78, 5) is 11.5. The molecular weight excluding hydrogens is 179 g/mol. The average Bonchev–Trinajstić information content (AvgIpc) is 2.16. The van der Waals surface area contributed by atoms with E-state index in [-0.39, 0.29) is 5.78 Å². The van der Waals surface area contributed by atoms with Crippen LogP contribution < -0.4 is 5.46 Å². The van der Waals surface area contributed by atoms with Crippen LogP contribution in [0.1, 0.15) is 17.3 Å². The lowest BCUT2D eigenvalue weighted by Gasteiger charge is -2.03. The Hall–Kier alpha value is -1.39. The van der Waals surface area contributed by atoms with Gasteiger partial charge >= 0.3 is 7.12 Å². The molecule has 0 unspecified atom stereocenters. The van der Waals surface area contributed by atoms with E-state index in [1.165, 1.54) is 6.07 Å². The van der Waals surface area contributed by atoms with E-state index in [0.717, 1.165) is 0 Å². The molecule has 0 saturated carbocycles. The maximum Gasteiger partial charge on any atom is 0.488 e. The lowest BCUT2D eigenvalue weighted by molar-refractivity contribution is 0.103. The van der Waals surface area contributed by atoms with Gasteiger partial charge in [0.2, 0.25) is 0 Å². The van der Waals surface area contributed by atoms with Gasteiger partial charge < -0.3 is 10.0 Å². The van der Waals surface area contributed by atoms with Gasteiger partial charge in [0.15, 0.2) is 5.78 Å². The second-order valence-corrected chi connectivity index (χ2v) is 3.11. The topological polar surface area (TPSA) is 57.5 Å². The first kappa shape index (κ1) is 10.7. The second-order valence-electron chi connectivity index (χ2n) is 3.11. The molecule has 1 aromatic rings. The summed E-state index contributed by atoms with van der Waals surface area (Å²) in [5.74, 6) is -0.187. The summed E-state index contributed by atoms with van der Waals surface area (Å²) in [7, 11) is -1.55. The molecule has 0 aromatic heterocycles. The van der Waals surface area contributed by atoms with Gasteiger partial charge in [-0.25, -0.2) is 0 Å². The van der Waals surface area contributed by atoms with Gasteiger partial charge in [-0.2, -0.15) is 0 Å². The van der Waals surface area contributed by atoms with E-state index in [1.54, 1.807) is 25.1 Å². The zero-order chi connectivity index (χ0) is 10.7. The first-order chi connectivity index (χ1) is 6.52. The maximum atomic E-state index is 11.5. The smallest absolute Gasteiger partial charge is 0.423 e. The van der Waals surface area contributed by atoms with Crippen molar-refractivity contribution in [2.45, 2.75) is 6.92 Å². The van der Waals surface area contributed by atoms with Crippen molar-refractivity contribution in [3.8, 4) is 0 Å². The van der Waals surface area contributed by atoms with Crippen molar-refractivity contribution in [2.24, 2.45) is 0 Å². The SMILES string of the molecule is C=C(C)C(=O)c1cccc(B(O)O)c1. The van der Waals surface area contributed by atoms with Crippen molar-refractivity contribution >= 4 is 18.4 Å². The molecule has 0 fully saturated rings. The molecule has 0 aliphatic rings. The molecule has 0 spiro atoms. The van der Waals surface area contributed by atoms with Crippen LogP contribution in [0.5, 0.6) is 0 Å². The number of ketones is 1. The van der Waals surface area contributed by atoms with Crippen LogP contribution in [0.3, 0.4) is 0 Å². The Morgan fingerprint density at radius 2 is 2.07 bits per heavy atom. The van der Waals surface area contributed by atoms with E-state index in [2.05, 4.69) is 6.58 Å². The fourth-order valence-corrected chi connectivity index (χ4v) is 1.09. The summed E-state index contributed by atoms with van der Waals surface area (Å²) in [6.45, 7) is 5.15. The Bertz CT molecular complexity index is 371. The van der Waals surface area contributed by atoms with Crippen molar-refractivity contribution in [1.82, 2.24) is 0 Å². The maximum absolute atomic E-state index is 11.5. The van der Waals surface area contributed by atoms with Crippen molar-refractivity contribution in [3.05, 3.63) is 42.0 Å². The first-order valence-electron chi connectivity index (χ1n) is 4.18. The third kappa shape index (κ3) is 2.31. The van der Waals surface area contributed by atoms with Gasteiger partial charge in [0.05, 0.1) is 0 Å². The molecule has 14 heavy (non-hydrogen) atoms. The normalized spacial score (nSPS) is 9.64. The van der Waals surface area contributed by atoms with Crippen LogP contribution in [-0.4, -0.2) is 22.9 Å². The lowest BCUT2D eigenvalue weighted by atomic mass is 9.79. The summed E-state index contributed by atoms with van der Waals surface area (Å²) >= 11 is 0. The summed E-state index contributed by atoms with van der Waals surface area (Å²) in [5.41, 5.74) is 1.15. The number of hydrogen-bond donors (Lipinski definition) is 2. The molecule has 0 bridgehead atoms. The first-order valence-corrected chi connectivity index (χ1v) is 4.18. The predicted octanol–water partition coefficient (Wildman–Crippen LogP) is 0.125. The highest BCUT2D eigenvalue weighted by molar-refractivity contribution is 6.58. The monoisotopic (exact) mass is 190 g/mol. The van der Waals surface area contributed by atoms with Gasteiger partial charge in [0.1, 0.15) is 0 Å². The van der Waals surface area contributed by atoms with Crippen LogP contribution in [0.15, 0.2) is 36.4 Å². The van der Waals surface area contributed by atoms with Crippen LogP contribution in [0.25, 0.3) is 0 Å². The number of hydrogen-bond acceptors (Lipinski definition) is 3. The Kier molecular flexibility index (Phi) is 3.22. The Morgan fingerprint density at radius 3 is 2.57 bits per heavy atom. The van der Waals surface area contributed by atoms with Crippen LogP contribution in [-0.2, 0) is 0 Å². The van der Waals surface area contributed by atoms with E-state index in [0.29, 0.717) is 16.6 Å². The van der Waals surface area contributed by atoms with Crippen molar-refractivity contribution in [1.29, 1.82) is 0 Å². The van der Waals surface area contributed by atoms with Crippen LogP contribution in [0, 0.1) is 0 Å². The largest absolute Gasteiger partial charge is 0.488 e. The van der Waals surface area contributed by atoms with Crippen molar-refractivity contribution in [3.63, 3.8) is 0 Å². The zero-order valence-corrected chi connectivity index (χ0v) is 7.90. The van der Waals surface area contributed by atoms with E-state index < -0.39 is 7.12 Å². The molecule has 1 aromatic carbocycles. The number of rotatable bonds is 3.